The minimum atomic E-state index is 0.882. The molecule has 0 spiro atoms. The van der Waals surface area contributed by atoms with Gasteiger partial charge in [-0.05, 0) is 48.7 Å². The van der Waals surface area contributed by atoms with Gasteiger partial charge in [0.05, 0.1) is 0 Å². The molecule has 0 heterocycles. The molecule has 2 aromatic rings. The fraction of sp³-hybridized carbons (Fsp3) is 0.368. The molecular formula is C19H23NO. The fourth-order valence-corrected chi connectivity index (χ4v) is 2.66. The summed E-state index contributed by atoms with van der Waals surface area (Å²) in [6.07, 6.45) is 5.62. The Morgan fingerprint density at radius 1 is 0.952 bits per heavy atom. The Hall–Kier alpha value is -1.80. The first-order valence-electron chi connectivity index (χ1n) is 7.93. The Balaban J connectivity index is 1.48. The van der Waals surface area contributed by atoms with Crippen LogP contribution in [0, 0.1) is 5.92 Å². The van der Waals surface area contributed by atoms with Gasteiger partial charge in [0.25, 0.3) is 0 Å². The molecule has 0 radical (unpaired) electrons. The molecule has 1 aliphatic carbocycles. The van der Waals surface area contributed by atoms with Crippen LogP contribution >= 0.6 is 0 Å². The molecule has 0 aliphatic heterocycles. The zero-order valence-electron chi connectivity index (χ0n) is 12.4. The molecule has 110 valence electrons. The third kappa shape index (κ3) is 4.33. The molecule has 0 saturated heterocycles. The summed E-state index contributed by atoms with van der Waals surface area (Å²) in [4.78, 5) is 0. The maximum absolute atomic E-state index is 5.86. The van der Waals surface area contributed by atoms with Crippen molar-refractivity contribution in [3.8, 4) is 11.5 Å². The van der Waals surface area contributed by atoms with Crippen LogP contribution in [0.4, 0.5) is 0 Å². The Morgan fingerprint density at radius 2 is 1.76 bits per heavy atom. The number of benzene rings is 2. The zero-order chi connectivity index (χ0) is 14.3. The summed E-state index contributed by atoms with van der Waals surface area (Å²) in [6.45, 7) is 2.03. The van der Waals surface area contributed by atoms with Gasteiger partial charge in [0.1, 0.15) is 11.5 Å². The normalized spacial score (nSPS) is 14.7. The maximum atomic E-state index is 5.86. The first-order chi connectivity index (χ1) is 10.4. The van der Waals surface area contributed by atoms with Gasteiger partial charge in [-0.2, -0.15) is 0 Å². The van der Waals surface area contributed by atoms with Gasteiger partial charge in [0.15, 0.2) is 0 Å². The molecule has 0 bridgehead atoms. The monoisotopic (exact) mass is 281 g/mol. The Labute approximate surface area is 127 Å². The lowest BCUT2D eigenvalue weighted by molar-refractivity contribution is 0.292. The van der Waals surface area contributed by atoms with Gasteiger partial charge in [-0.1, -0.05) is 49.6 Å². The lowest BCUT2D eigenvalue weighted by Crippen LogP contribution is -2.21. The van der Waals surface area contributed by atoms with Crippen LogP contribution in [0.1, 0.15) is 31.2 Å². The van der Waals surface area contributed by atoms with Gasteiger partial charge < -0.3 is 10.1 Å². The number of para-hydroxylation sites is 1. The number of hydrogen-bond acceptors (Lipinski definition) is 2. The van der Waals surface area contributed by atoms with E-state index in [0.717, 1.165) is 30.5 Å². The summed E-state index contributed by atoms with van der Waals surface area (Å²) < 4.78 is 5.86. The van der Waals surface area contributed by atoms with Crippen molar-refractivity contribution in [1.82, 2.24) is 5.32 Å². The van der Waals surface area contributed by atoms with Crippen molar-refractivity contribution in [3.05, 3.63) is 60.2 Å². The van der Waals surface area contributed by atoms with E-state index < -0.39 is 0 Å². The first kappa shape index (κ1) is 14.2. The van der Waals surface area contributed by atoms with Crippen molar-refractivity contribution < 1.29 is 4.74 Å². The van der Waals surface area contributed by atoms with Gasteiger partial charge >= 0.3 is 0 Å². The summed E-state index contributed by atoms with van der Waals surface area (Å²) in [5.74, 6) is 2.76. The molecule has 1 saturated carbocycles. The highest BCUT2D eigenvalue weighted by molar-refractivity contribution is 5.33. The Morgan fingerprint density at radius 3 is 2.52 bits per heavy atom. The second-order valence-corrected chi connectivity index (χ2v) is 5.82. The summed E-state index contributed by atoms with van der Waals surface area (Å²) in [7, 11) is 0. The number of nitrogens with one attached hydrogen (secondary N) is 1. The SMILES string of the molecule is c1ccc(Oc2cccc(CNCCC3CCC3)c2)cc1. The smallest absolute Gasteiger partial charge is 0.127 e. The molecule has 0 amide bonds. The van der Waals surface area contributed by atoms with E-state index >= 15 is 0 Å². The fourth-order valence-electron chi connectivity index (χ4n) is 2.66. The third-order valence-electron chi connectivity index (χ3n) is 4.16. The van der Waals surface area contributed by atoms with Crippen molar-refractivity contribution in [2.24, 2.45) is 5.92 Å². The molecule has 0 atom stereocenters. The lowest BCUT2D eigenvalue weighted by atomic mass is 9.83. The molecule has 1 aliphatic rings. The van der Waals surface area contributed by atoms with Crippen molar-refractivity contribution in [2.45, 2.75) is 32.2 Å². The molecule has 3 rings (SSSR count). The minimum Gasteiger partial charge on any atom is -0.457 e. The second-order valence-electron chi connectivity index (χ2n) is 5.82. The van der Waals surface area contributed by atoms with Crippen LogP contribution in [-0.4, -0.2) is 6.54 Å². The minimum absolute atomic E-state index is 0.882. The van der Waals surface area contributed by atoms with Crippen LogP contribution in [0.5, 0.6) is 11.5 Å². The van der Waals surface area contributed by atoms with E-state index in [9.17, 15) is 0 Å². The highest BCUT2D eigenvalue weighted by Crippen LogP contribution is 2.28. The topological polar surface area (TPSA) is 21.3 Å². The predicted molar refractivity (Wildman–Crippen MR) is 86.6 cm³/mol. The molecule has 0 aromatic heterocycles. The van der Waals surface area contributed by atoms with Gasteiger partial charge in [-0.25, -0.2) is 0 Å². The summed E-state index contributed by atoms with van der Waals surface area (Å²) in [6, 6.07) is 18.2. The van der Waals surface area contributed by atoms with Crippen LogP contribution in [-0.2, 0) is 6.54 Å². The quantitative estimate of drug-likeness (QED) is 0.739. The van der Waals surface area contributed by atoms with Gasteiger partial charge in [-0.3, -0.25) is 0 Å². The summed E-state index contributed by atoms with van der Waals surface area (Å²) in [5.41, 5.74) is 1.28. The molecule has 2 heteroatoms. The zero-order valence-corrected chi connectivity index (χ0v) is 12.4. The standard InChI is InChI=1S/C19H23NO/c1-2-9-18(10-3-1)21-19-11-5-8-17(14-19)15-20-13-12-16-6-4-7-16/h1-3,5,8-11,14,16,20H,4,6-7,12-13,15H2. The van der Waals surface area contributed by atoms with Crippen molar-refractivity contribution in [1.29, 1.82) is 0 Å². The number of hydrogen-bond donors (Lipinski definition) is 1. The van der Waals surface area contributed by atoms with E-state index in [1.807, 2.05) is 36.4 Å². The molecule has 1 fully saturated rings. The van der Waals surface area contributed by atoms with Crippen molar-refractivity contribution >= 4 is 0 Å². The van der Waals surface area contributed by atoms with Crippen LogP contribution in [0.2, 0.25) is 0 Å². The molecule has 0 unspecified atom stereocenters. The van der Waals surface area contributed by atoms with E-state index in [0.29, 0.717) is 0 Å². The molecule has 2 nitrogen and oxygen atoms in total. The summed E-state index contributed by atoms with van der Waals surface area (Å²) >= 11 is 0. The highest BCUT2D eigenvalue weighted by atomic mass is 16.5. The molecular weight excluding hydrogens is 258 g/mol. The molecule has 21 heavy (non-hydrogen) atoms. The lowest BCUT2D eigenvalue weighted by Gasteiger charge is -2.25. The Kier molecular flexibility index (Phi) is 4.90. The van der Waals surface area contributed by atoms with Gasteiger partial charge in [0, 0.05) is 6.54 Å². The van der Waals surface area contributed by atoms with E-state index in [1.165, 1.54) is 31.2 Å². The van der Waals surface area contributed by atoms with Gasteiger partial charge in [0.2, 0.25) is 0 Å². The van der Waals surface area contributed by atoms with E-state index in [4.69, 9.17) is 4.74 Å². The van der Waals surface area contributed by atoms with E-state index in [2.05, 4.69) is 23.5 Å². The van der Waals surface area contributed by atoms with Crippen LogP contribution in [0.15, 0.2) is 54.6 Å². The highest BCUT2D eigenvalue weighted by Gasteiger charge is 2.16. The first-order valence-corrected chi connectivity index (χ1v) is 7.93. The van der Waals surface area contributed by atoms with Crippen molar-refractivity contribution in [2.75, 3.05) is 6.54 Å². The van der Waals surface area contributed by atoms with E-state index in [1.54, 1.807) is 0 Å². The average molecular weight is 281 g/mol. The molecule has 1 N–H and O–H groups in total. The predicted octanol–water partition coefficient (Wildman–Crippen LogP) is 4.76. The van der Waals surface area contributed by atoms with Crippen molar-refractivity contribution in [3.63, 3.8) is 0 Å². The van der Waals surface area contributed by atoms with Crippen LogP contribution in [0.3, 0.4) is 0 Å². The molecule has 2 aromatic carbocycles. The third-order valence-corrected chi connectivity index (χ3v) is 4.16. The maximum Gasteiger partial charge on any atom is 0.127 e. The van der Waals surface area contributed by atoms with Crippen LogP contribution < -0.4 is 10.1 Å². The largest absolute Gasteiger partial charge is 0.457 e. The number of rotatable bonds is 7. The van der Waals surface area contributed by atoms with E-state index in [-0.39, 0.29) is 0 Å². The second kappa shape index (κ2) is 7.28. The number of ether oxygens (including phenoxy) is 1. The van der Waals surface area contributed by atoms with Gasteiger partial charge in [-0.15, -0.1) is 0 Å². The van der Waals surface area contributed by atoms with Crippen LogP contribution in [0.25, 0.3) is 0 Å². The summed E-state index contributed by atoms with van der Waals surface area (Å²) in [5, 5.41) is 3.54. The average Bonchev–Trinajstić information content (AvgIpc) is 2.47. The Bertz CT molecular complexity index is 549.